The van der Waals surface area contributed by atoms with Crippen LogP contribution in [0.2, 0.25) is 0 Å². The van der Waals surface area contributed by atoms with Crippen molar-refractivity contribution in [2.45, 2.75) is 0 Å². The quantitative estimate of drug-likeness (QED) is 0.280. The number of benzene rings is 1. The van der Waals surface area contributed by atoms with Gasteiger partial charge in [-0.15, -0.1) is 0 Å². The molecule has 1 rings (SSSR count). The average Bonchev–Trinajstić information content (AvgIpc) is 2.33. The Morgan fingerprint density at radius 1 is 0.842 bits per heavy atom. The lowest BCUT2D eigenvalue weighted by atomic mass is 10.1. The van der Waals surface area contributed by atoms with Crippen molar-refractivity contribution < 1.29 is 35.2 Å². The van der Waals surface area contributed by atoms with Crippen molar-refractivity contribution in [3.8, 4) is 0 Å². The summed E-state index contributed by atoms with van der Waals surface area (Å²) >= 11 is 0. The maximum Gasteiger partial charge on any atom is 0.218 e. The Labute approximate surface area is 104 Å². The predicted molar refractivity (Wildman–Crippen MR) is 55.3 cm³/mol. The average molecular weight is 298 g/mol. The number of hydrogen-bond acceptors (Lipinski definition) is 3. The summed E-state index contributed by atoms with van der Waals surface area (Å²) in [6, 6.07) is 0. The lowest BCUT2D eigenvalue weighted by Crippen LogP contribution is -2.04. The molecule has 0 saturated carbocycles. The van der Waals surface area contributed by atoms with Crippen LogP contribution in [0.25, 0.3) is 6.08 Å². The summed E-state index contributed by atoms with van der Waals surface area (Å²) < 4.78 is 84.5. The van der Waals surface area contributed by atoms with Gasteiger partial charge in [0.2, 0.25) is 16.1 Å². The van der Waals surface area contributed by atoms with E-state index in [-0.39, 0.29) is 5.37 Å². The summed E-state index contributed by atoms with van der Waals surface area (Å²) in [6.07, 6.45) is 0.649. The van der Waals surface area contributed by atoms with Gasteiger partial charge in [-0.2, -0.15) is 8.42 Å². The predicted octanol–water partition coefficient (Wildman–Crippen LogP) is 1.65. The van der Waals surface area contributed by atoms with Crippen molar-refractivity contribution in [2.24, 2.45) is 0 Å². The summed E-state index contributed by atoms with van der Waals surface area (Å²) in [6.45, 7) is 0. The Hall–Kier alpha value is -2.03. The second-order valence-corrected chi connectivity index (χ2v) is 3.85. The minimum Gasteiger partial charge on any atom is -0.289 e. The first-order chi connectivity index (χ1) is 8.75. The second-order valence-electron chi connectivity index (χ2n) is 3.10. The van der Waals surface area contributed by atoms with E-state index < -0.39 is 50.7 Å². The van der Waals surface area contributed by atoms with Crippen LogP contribution in [0.3, 0.4) is 0 Å². The number of carbonyl (C=O) groups excluding carboxylic acids is 1. The Kier molecular flexibility index (Phi) is 4.54. The number of halogens is 5. The highest BCUT2D eigenvalue weighted by Crippen LogP contribution is 2.23. The molecule has 0 spiro atoms. The molecule has 0 aliphatic heterocycles. The van der Waals surface area contributed by atoms with Gasteiger partial charge in [-0.1, -0.05) is 0 Å². The Morgan fingerprint density at radius 3 is 1.68 bits per heavy atom. The van der Waals surface area contributed by atoms with Crippen molar-refractivity contribution in [3.05, 3.63) is 40.7 Å². The van der Waals surface area contributed by atoms with E-state index in [2.05, 4.69) is 0 Å². The molecule has 3 nitrogen and oxygen atoms in total. The molecule has 0 atom stereocenters. The summed E-state index contributed by atoms with van der Waals surface area (Å²) in [5.41, 5.74) is -1.34. The van der Waals surface area contributed by atoms with E-state index in [1.165, 1.54) is 0 Å². The monoisotopic (exact) mass is 298 g/mol. The number of ketones is 1. The molecular weight excluding hydrogens is 295 g/mol. The van der Waals surface area contributed by atoms with Crippen LogP contribution in [0.5, 0.6) is 0 Å². The fourth-order valence-corrected chi connectivity index (χ4v) is 1.34. The largest absolute Gasteiger partial charge is 0.289 e. The molecule has 0 heterocycles. The molecule has 1 aromatic rings. The molecule has 0 unspecified atom stereocenters. The van der Waals surface area contributed by atoms with Gasteiger partial charge in [0.25, 0.3) is 0 Å². The molecule has 102 valence electrons. The van der Waals surface area contributed by atoms with Gasteiger partial charge in [0, 0.05) is 0 Å². The van der Waals surface area contributed by atoms with Crippen LogP contribution in [-0.2, 0) is 15.1 Å². The van der Waals surface area contributed by atoms with Gasteiger partial charge < -0.3 is 0 Å². The van der Waals surface area contributed by atoms with Gasteiger partial charge in [0.1, 0.15) is 5.37 Å². The Balaban J connectivity index is 3.34. The topological polar surface area (TPSA) is 51.2 Å². The Bertz CT molecular complexity index is 669. The van der Waals surface area contributed by atoms with Crippen molar-refractivity contribution in [3.63, 3.8) is 0 Å². The highest BCUT2D eigenvalue weighted by atomic mass is 32.2. The standard InChI is InChI=1S/C10H3F5O3S/c11-6-5(2-1-4(16)3-19(17)18)7(12)9(14)10(15)8(6)13/h1-3H. The zero-order chi connectivity index (χ0) is 14.7. The van der Waals surface area contributed by atoms with Crippen molar-refractivity contribution in [1.29, 1.82) is 0 Å². The van der Waals surface area contributed by atoms with Crippen molar-refractivity contribution in [1.82, 2.24) is 0 Å². The van der Waals surface area contributed by atoms with Crippen LogP contribution in [0.4, 0.5) is 22.0 Å². The van der Waals surface area contributed by atoms with E-state index in [1.54, 1.807) is 0 Å². The molecule has 0 fully saturated rings. The van der Waals surface area contributed by atoms with Gasteiger partial charge in [-0.3, -0.25) is 4.79 Å². The first-order valence-electron chi connectivity index (χ1n) is 4.42. The molecular formula is C10H3F5O3S. The molecule has 0 bridgehead atoms. The zero-order valence-electron chi connectivity index (χ0n) is 8.75. The molecule has 0 amide bonds. The van der Waals surface area contributed by atoms with E-state index >= 15 is 0 Å². The number of hydrogen-bond donors (Lipinski definition) is 0. The van der Waals surface area contributed by atoms with Gasteiger partial charge >= 0.3 is 0 Å². The molecule has 0 aliphatic rings. The smallest absolute Gasteiger partial charge is 0.218 e. The summed E-state index contributed by atoms with van der Waals surface area (Å²) in [5.74, 6) is -12.1. The summed E-state index contributed by atoms with van der Waals surface area (Å²) in [5, 5.41) is 0.155. The fraction of sp³-hybridized carbons (Fsp3) is 0. The van der Waals surface area contributed by atoms with E-state index in [4.69, 9.17) is 0 Å². The van der Waals surface area contributed by atoms with Crippen LogP contribution in [0, 0.1) is 29.1 Å². The maximum absolute atomic E-state index is 13.1. The van der Waals surface area contributed by atoms with Crippen LogP contribution < -0.4 is 0 Å². The molecule has 1 aromatic carbocycles. The van der Waals surface area contributed by atoms with E-state index in [1.807, 2.05) is 0 Å². The summed E-state index contributed by atoms with van der Waals surface area (Å²) in [7, 11) is -2.85. The van der Waals surface area contributed by atoms with E-state index in [0.29, 0.717) is 12.2 Å². The molecule has 0 saturated heterocycles. The number of allylic oxidation sites excluding steroid dienone is 1. The van der Waals surface area contributed by atoms with Gasteiger partial charge in [-0.05, 0) is 12.2 Å². The molecule has 0 radical (unpaired) electrons. The third kappa shape index (κ3) is 3.25. The first kappa shape index (κ1) is 15.0. The van der Waals surface area contributed by atoms with Crippen LogP contribution in [0.1, 0.15) is 5.56 Å². The molecule has 9 heteroatoms. The van der Waals surface area contributed by atoms with Crippen LogP contribution in [-0.4, -0.2) is 19.6 Å². The number of rotatable bonds is 3. The van der Waals surface area contributed by atoms with Crippen molar-refractivity contribution >= 4 is 27.5 Å². The molecule has 0 aliphatic carbocycles. The third-order valence-electron chi connectivity index (χ3n) is 1.87. The first-order valence-corrected chi connectivity index (χ1v) is 5.56. The van der Waals surface area contributed by atoms with Gasteiger partial charge in [0.05, 0.1) is 5.56 Å². The zero-order valence-corrected chi connectivity index (χ0v) is 9.57. The Morgan fingerprint density at radius 2 is 1.26 bits per heavy atom. The van der Waals surface area contributed by atoms with Crippen molar-refractivity contribution in [2.75, 3.05) is 0 Å². The molecule has 0 aromatic heterocycles. The van der Waals surface area contributed by atoms with E-state index in [0.717, 1.165) is 0 Å². The minimum absolute atomic E-state index is 0.155. The molecule has 0 N–H and O–H groups in total. The lowest BCUT2D eigenvalue weighted by Gasteiger charge is -2.03. The lowest BCUT2D eigenvalue weighted by molar-refractivity contribution is -0.108. The third-order valence-corrected chi connectivity index (χ3v) is 2.30. The number of carbonyl (C=O) groups is 1. The van der Waals surface area contributed by atoms with Gasteiger partial charge in [-0.25, -0.2) is 22.0 Å². The van der Waals surface area contributed by atoms with Crippen LogP contribution in [0.15, 0.2) is 6.08 Å². The minimum atomic E-state index is -2.85. The fourth-order valence-electron chi connectivity index (χ4n) is 1.07. The summed E-state index contributed by atoms with van der Waals surface area (Å²) in [4.78, 5) is 10.8. The molecule has 19 heavy (non-hydrogen) atoms. The van der Waals surface area contributed by atoms with Crippen LogP contribution >= 0.6 is 0 Å². The second kappa shape index (κ2) is 5.74. The normalized spacial score (nSPS) is 10.8. The van der Waals surface area contributed by atoms with E-state index in [9.17, 15) is 35.2 Å². The highest BCUT2D eigenvalue weighted by molar-refractivity contribution is 7.73. The highest BCUT2D eigenvalue weighted by Gasteiger charge is 2.24. The maximum atomic E-state index is 13.1. The van der Waals surface area contributed by atoms with Gasteiger partial charge in [0.15, 0.2) is 29.1 Å². The SMILES string of the molecule is O=C(C=Cc1c(F)c(F)c(F)c(F)c1F)C=S(=O)=O.